The first-order valence-corrected chi connectivity index (χ1v) is 9.05. The molecule has 4 nitrogen and oxygen atoms in total. The normalized spacial score (nSPS) is 14.3. The van der Waals surface area contributed by atoms with Gasteiger partial charge in [0.2, 0.25) is 6.33 Å². The Bertz CT molecular complexity index is 1070. The van der Waals surface area contributed by atoms with Crippen molar-refractivity contribution >= 4 is 12.1 Å². The summed E-state index contributed by atoms with van der Waals surface area (Å²) in [6.45, 7) is -1.88. The van der Waals surface area contributed by atoms with Gasteiger partial charge in [0, 0.05) is 0 Å². The zero-order chi connectivity index (χ0) is 18.3. The Labute approximate surface area is 158 Å². The second-order valence-corrected chi connectivity index (χ2v) is 6.87. The maximum Gasteiger partial charge on any atom is 0.591 e. The standard InChI is InChI=1S/C22H19BN2O2/c1-24-15-16-25(17-24)23(26-21-9-5-6-10-22(21)27-23)20-13-11-19(12-14-20)18-7-3-2-4-8-18/h2-17H,1H3. The Balaban J connectivity index is 1.60. The zero-order valence-electron chi connectivity index (χ0n) is 15.0. The average Bonchev–Trinajstić information content (AvgIpc) is 3.33. The fourth-order valence-electron chi connectivity index (χ4n) is 3.66. The lowest BCUT2D eigenvalue weighted by atomic mass is 9.63. The van der Waals surface area contributed by atoms with E-state index in [0.717, 1.165) is 17.0 Å². The molecule has 4 aromatic rings. The maximum absolute atomic E-state index is 6.42. The van der Waals surface area contributed by atoms with Crippen molar-refractivity contribution in [1.29, 1.82) is 0 Å². The molecule has 0 atom stereocenters. The Morgan fingerprint density at radius 2 is 1.33 bits per heavy atom. The van der Waals surface area contributed by atoms with Crippen LogP contribution in [0.15, 0.2) is 97.6 Å². The highest BCUT2D eigenvalue weighted by Gasteiger charge is 2.47. The van der Waals surface area contributed by atoms with Crippen LogP contribution in [0.2, 0.25) is 0 Å². The zero-order valence-corrected chi connectivity index (χ0v) is 15.0. The van der Waals surface area contributed by atoms with E-state index in [1.54, 1.807) is 0 Å². The van der Waals surface area contributed by atoms with Crippen molar-refractivity contribution in [1.82, 2.24) is 4.57 Å². The number of rotatable bonds is 3. The second-order valence-electron chi connectivity index (χ2n) is 6.87. The summed E-state index contributed by atoms with van der Waals surface area (Å²) in [5.41, 5.74) is 3.34. The lowest BCUT2D eigenvalue weighted by molar-refractivity contribution is -0.565. The fraction of sp³-hybridized carbons (Fsp3) is 0.0455. The van der Waals surface area contributed by atoms with Crippen LogP contribution >= 0.6 is 0 Å². The smallest absolute Gasteiger partial charge is 0.591 e. The van der Waals surface area contributed by atoms with E-state index in [9.17, 15) is 0 Å². The second kappa shape index (κ2) is 6.06. The minimum Gasteiger partial charge on any atom is -0.639 e. The summed E-state index contributed by atoms with van der Waals surface area (Å²) in [5.74, 6) is 1.53. The minimum absolute atomic E-state index is 0.765. The molecule has 5 rings (SSSR count). The Hall–Kier alpha value is -3.47. The summed E-state index contributed by atoms with van der Waals surface area (Å²) in [7, 11) is 1.99. The van der Waals surface area contributed by atoms with Crippen LogP contribution in [0.3, 0.4) is 0 Å². The number of aryl methyl sites for hydroxylation is 1. The lowest BCUT2D eigenvalue weighted by Gasteiger charge is -2.31. The SMILES string of the molecule is Cn1cc[n+]([B-]2(c3ccc(-c4ccccc4)cc3)Oc3ccccc3O2)c1. The van der Waals surface area contributed by atoms with E-state index in [4.69, 9.17) is 9.31 Å². The van der Waals surface area contributed by atoms with Gasteiger partial charge in [-0.05, 0) is 23.3 Å². The van der Waals surface area contributed by atoms with Crippen LogP contribution in [-0.2, 0) is 7.05 Å². The average molecular weight is 354 g/mol. The number of nitrogens with zero attached hydrogens (tertiary/aromatic N) is 2. The Morgan fingerprint density at radius 1 is 0.741 bits per heavy atom. The monoisotopic (exact) mass is 354 g/mol. The third kappa shape index (κ3) is 2.59. The molecule has 0 radical (unpaired) electrons. The first-order valence-electron chi connectivity index (χ1n) is 9.05. The number of imidazole rings is 1. The Morgan fingerprint density at radius 3 is 1.93 bits per heavy atom. The van der Waals surface area contributed by atoms with Gasteiger partial charge in [-0.1, -0.05) is 72.2 Å². The first-order chi connectivity index (χ1) is 13.2. The molecule has 0 amide bonds. The molecular formula is C22H19BN2O2. The molecule has 132 valence electrons. The molecule has 0 aliphatic carbocycles. The number of fused-ring (bicyclic) bond motifs is 1. The van der Waals surface area contributed by atoms with Gasteiger partial charge < -0.3 is 13.8 Å². The summed E-state index contributed by atoms with van der Waals surface area (Å²) in [6, 6.07) is 26.6. The van der Waals surface area contributed by atoms with Crippen LogP contribution in [0.5, 0.6) is 11.5 Å². The summed E-state index contributed by atoms with van der Waals surface area (Å²) in [6.07, 6.45) is 5.95. The van der Waals surface area contributed by atoms with Crippen LogP contribution in [0, 0.1) is 0 Å². The molecule has 0 spiro atoms. The van der Waals surface area contributed by atoms with Crippen LogP contribution in [-0.4, -0.2) is 11.3 Å². The highest BCUT2D eigenvalue weighted by atomic mass is 16.7. The summed E-state index contributed by atoms with van der Waals surface area (Å²) in [5, 5.41) is 0. The fourth-order valence-corrected chi connectivity index (χ4v) is 3.66. The van der Waals surface area contributed by atoms with Crippen molar-refractivity contribution in [3.05, 3.63) is 97.6 Å². The molecule has 0 saturated carbocycles. The number of para-hydroxylation sites is 2. The summed E-state index contributed by atoms with van der Waals surface area (Å²) >= 11 is 0. The van der Waals surface area contributed by atoms with Crippen LogP contribution < -0.4 is 19.2 Å². The highest BCUT2D eigenvalue weighted by molar-refractivity contribution is 6.75. The molecule has 0 saturated heterocycles. The van der Waals surface area contributed by atoms with E-state index in [0.29, 0.717) is 0 Å². The molecule has 1 aromatic heterocycles. The largest absolute Gasteiger partial charge is 0.639 e. The van der Waals surface area contributed by atoms with Gasteiger partial charge in [-0.3, -0.25) is 0 Å². The molecule has 1 aliphatic heterocycles. The van der Waals surface area contributed by atoms with Crippen molar-refractivity contribution in [3.8, 4) is 22.6 Å². The van der Waals surface area contributed by atoms with Crippen molar-refractivity contribution in [3.63, 3.8) is 0 Å². The van der Waals surface area contributed by atoms with Gasteiger partial charge in [-0.2, -0.15) is 0 Å². The topological polar surface area (TPSA) is 27.3 Å². The summed E-state index contributed by atoms with van der Waals surface area (Å²) in [4.78, 5) is 0. The van der Waals surface area contributed by atoms with E-state index in [-0.39, 0.29) is 0 Å². The van der Waals surface area contributed by atoms with Crippen molar-refractivity contribution in [2.45, 2.75) is 0 Å². The number of hydrogen-bond acceptors (Lipinski definition) is 2. The maximum atomic E-state index is 6.42. The number of aromatic nitrogens is 2. The van der Waals surface area contributed by atoms with E-state index in [1.807, 2.05) is 77.3 Å². The molecule has 2 heterocycles. The van der Waals surface area contributed by atoms with Gasteiger partial charge >= 0.3 is 6.69 Å². The van der Waals surface area contributed by atoms with Crippen molar-refractivity contribution in [2.75, 3.05) is 0 Å². The predicted octanol–water partition coefficient (Wildman–Crippen LogP) is 3.15. The number of hydrogen-bond donors (Lipinski definition) is 0. The van der Waals surface area contributed by atoms with Crippen molar-refractivity contribution in [2.24, 2.45) is 7.05 Å². The van der Waals surface area contributed by atoms with Gasteiger partial charge in [-0.25, -0.2) is 4.57 Å². The van der Waals surface area contributed by atoms with Gasteiger partial charge in [-0.15, -0.1) is 0 Å². The van der Waals surface area contributed by atoms with Gasteiger partial charge in [0.1, 0.15) is 17.7 Å². The molecule has 0 N–H and O–H groups in total. The highest BCUT2D eigenvalue weighted by Crippen LogP contribution is 2.35. The van der Waals surface area contributed by atoms with Crippen LogP contribution in [0.4, 0.5) is 0 Å². The lowest BCUT2D eigenvalue weighted by Crippen LogP contribution is -2.77. The third-order valence-electron chi connectivity index (χ3n) is 5.04. The molecule has 3 aromatic carbocycles. The van der Waals surface area contributed by atoms with Crippen LogP contribution in [0.25, 0.3) is 11.1 Å². The molecule has 0 unspecified atom stereocenters. The first kappa shape index (κ1) is 15.8. The minimum atomic E-state index is -1.88. The van der Waals surface area contributed by atoms with E-state index < -0.39 is 6.69 Å². The van der Waals surface area contributed by atoms with Crippen LogP contribution in [0.1, 0.15) is 0 Å². The molecule has 1 aliphatic rings. The number of benzene rings is 3. The van der Waals surface area contributed by atoms with E-state index in [1.165, 1.54) is 11.1 Å². The van der Waals surface area contributed by atoms with Gasteiger partial charge in [0.25, 0.3) is 0 Å². The molecule has 5 heteroatoms. The van der Waals surface area contributed by atoms with Crippen molar-refractivity contribution < 1.29 is 13.8 Å². The van der Waals surface area contributed by atoms with Gasteiger partial charge in [0.05, 0.1) is 13.2 Å². The predicted molar refractivity (Wildman–Crippen MR) is 106 cm³/mol. The molecule has 0 fully saturated rings. The molecular weight excluding hydrogens is 335 g/mol. The van der Waals surface area contributed by atoms with E-state index >= 15 is 0 Å². The summed E-state index contributed by atoms with van der Waals surface area (Å²) < 4.78 is 16.8. The quantitative estimate of drug-likeness (QED) is 0.529. The van der Waals surface area contributed by atoms with Gasteiger partial charge in [0.15, 0.2) is 0 Å². The Kier molecular flexibility index (Phi) is 3.54. The molecule has 27 heavy (non-hydrogen) atoms. The molecule has 0 bridgehead atoms. The van der Waals surface area contributed by atoms with E-state index in [2.05, 4.69) is 36.4 Å². The third-order valence-corrected chi connectivity index (χ3v) is 5.04.